The zero-order chi connectivity index (χ0) is 14.5. The standard InChI is InChI=1S/C16H22BrNO2/c1-3-20-15-8-12(9-15)10-16(19)18-11(2)13-4-6-14(17)7-5-13/h4-7,11-12,15H,3,8-10H2,1-2H3,(H,18,19). The Labute approximate surface area is 129 Å². The monoisotopic (exact) mass is 339 g/mol. The van der Waals surface area contributed by atoms with Crippen molar-refractivity contribution in [2.45, 2.75) is 45.3 Å². The molecule has 3 nitrogen and oxygen atoms in total. The van der Waals surface area contributed by atoms with Gasteiger partial charge in [-0.2, -0.15) is 0 Å². The molecule has 1 amide bonds. The molecule has 4 heteroatoms. The van der Waals surface area contributed by atoms with E-state index in [0.717, 1.165) is 29.5 Å². The van der Waals surface area contributed by atoms with Gasteiger partial charge in [0.1, 0.15) is 0 Å². The van der Waals surface area contributed by atoms with Gasteiger partial charge in [-0.05, 0) is 50.3 Å². The molecule has 1 fully saturated rings. The summed E-state index contributed by atoms with van der Waals surface area (Å²) in [6.07, 6.45) is 3.04. The Morgan fingerprint density at radius 1 is 1.40 bits per heavy atom. The van der Waals surface area contributed by atoms with Crippen LogP contribution in [0.4, 0.5) is 0 Å². The fraction of sp³-hybridized carbons (Fsp3) is 0.562. The first-order valence-electron chi connectivity index (χ1n) is 7.25. The quantitative estimate of drug-likeness (QED) is 0.855. The van der Waals surface area contributed by atoms with Crippen LogP contribution in [0, 0.1) is 5.92 Å². The Bertz CT molecular complexity index is 440. The third-order valence-corrected chi connectivity index (χ3v) is 4.35. The number of nitrogens with one attached hydrogen (secondary N) is 1. The first-order valence-corrected chi connectivity index (χ1v) is 8.04. The Morgan fingerprint density at radius 2 is 2.05 bits per heavy atom. The van der Waals surface area contributed by atoms with Crippen molar-refractivity contribution < 1.29 is 9.53 Å². The van der Waals surface area contributed by atoms with Gasteiger partial charge in [0.25, 0.3) is 0 Å². The van der Waals surface area contributed by atoms with Crippen LogP contribution in [0.2, 0.25) is 0 Å². The van der Waals surface area contributed by atoms with Crippen LogP contribution in [0.1, 0.15) is 44.7 Å². The van der Waals surface area contributed by atoms with Gasteiger partial charge in [-0.3, -0.25) is 4.79 Å². The van der Waals surface area contributed by atoms with E-state index in [1.807, 2.05) is 38.1 Å². The van der Waals surface area contributed by atoms with Crippen molar-refractivity contribution in [1.29, 1.82) is 0 Å². The number of amides is 1. The Morgan fingerprint density at radius 3 is 2.65 bits per heavy atom. The fourth-order valence-electron chi connectivity index (χ4n) is 2.61. The number of carbonyl (C=O) groups is 1. The van der Waals surface area contributed by atoms with E-state index in [1.54, 1.807) is 0 Å². The van der Waals surface area contributed by atoms with Crippen LogP contribution in [0.15, 0.2) is 28.7 Å². The minimum Gasteiger partial charge on any atom is -0.378 e. The summed E-state index contributed by atoms with van der Waals surface area (Å²) in [5.74, 6) is 0.629. The summed E-state index contributed by atoms with van der Waals surface area (Å²) in [5.41, 5.74) is 1.13. The van der Waals surface area contributed by atoms with Gasteiger partial charge in [0, 0.05) is 17.5 Å². The highest BCUT2D eigenvalue weighted by atomic mass is 79.9. The molecule has 0 aliphatic heterocycles. The molecule has 1 aliphatic rings. The zero-order valence-corrected chi connectivity index (χ0v) is 13.7. The van der Waals surface area contributed by atoms with Crippen molar-refractivity contribution in [1.82, 2.24) is 5.32 Å². The van der Waals surface area contributed by atoms with Crippen LogP contribution in [0.25, 0.3) is 0 Å². The van der Waals surface area contributed by atoms with Crippen molar-refractivity contribution in [2.24, 2.45) is 5.92 Å². The van der Waals surface area contributed by atoms with Gasteiger partial charge in [0.15, 0.2) is 0 Å². The molecule has 1 unspecified atom stereocenters. The summed E-state index contributed by atoms with van der Waals surface area (Å²) in [6.45, 7) is 4.80. The van der Waals surface area contributed by atoms with Crippen molar-refractivity contribution in [2.75, 3.05) is 6.61 Å². The predicted octanol–water partition coefficient (Wildman–Crippen LogP) is 3.83. The molecule has 20 heavy (non-hydrogen) atoms. The molecule has 0 bridgehead atoms. The molecule has 2 rings (SSSR count). The van der Waals surface area contributed by atoms with Gasteiger partial charge < -0.3 is 10.1 Å². The molecule has 1 aliphatic carbocycles. The summed E-state index contributed by atoms with van der Waals surface area (Å²) >= 11 is 3.41. The molecule has 0 radical (unpaired) electrons. The molecule has 1 N–H and O–H groups in total. The Balaban J connectivity index is 1.73. The van der Waals surface area contributed by atoms with Gasteiger partial charge in [-0.15, -0.1) is 0 Å². The first kappa shape index (κ1) is 15.5. The van der Waals surface area contributed by atoms with Gasteiger partial charge >= 0.3 is 0 Å². The molecule has 1 saturated carbocycles. The summed E-state index contributed by atoms with van der Waals surface area (Å²) in [4.78, 5) is 12.0. The van der Waals surface area contributed by atoms with E-state index >= 15 is 0 Å². The summed E-state index contributed by atoms with van der Waals surface area (Å²) < 4.78 is 6.57. The third-order valence-electron chi connectivity index (χ3n) is 3.82. The van der Waals surface area contributed by atoms with Crippen molar-refractivity contribution in [3.63, 3.8) is 0 Å². The highest BCUT2D eigenvalue weighted by Crippen LogP contribution is 2.32. The van der Waals surface area contributed by atoms with Crippen LogP contribution in [0.3, 0.4) is 0 Å². The molecule has 110 valence electrons. The van der Waals surface area contributed by atoms with Crippen LogP contribution < -0.4 is 5.32 Å². The molecule has 1 aromatic carbocycles. The Kier molecular flexibility index (Phi) is 5.61. The van der Waals surface area contributed by atoms with Crippen LogP contribution >= 0.6 is 15.9 Å². The minimum atomic E-state index is 0.0540. The second-order valence-electron chi connectivity index (χ2n) is 5.46. The highest BCUT2D eigenvalue weighted by Gasteiger charge is 2.31. The molecule has 0 saturated heterocycles. The second-order valence-corrected chi connectivity index (χ2v) is 6.38. The normalized spacial score (nSPS) is 22.9. The molecule has 0 heterocycles. The zero-order valence-electron chi connectivity index (χ0n) is 12.1. The number of hydrogen-bond acceptors (Lipinski definition) is 2. The first-order chi connectivity index (χ1) is 9.58. The number of carbonyl (C=O) groups excluding carboxylic acids is 1. The lowest BCUT2D eigenvalue weighted by Crippen LogP contribution is -2.36. The smallest absolute Gasteiger partial charge is 0.220 e. The van der Waals surface area contributed by atoms with Crippen molar-refractivity contribution >= 4 is 21.8 Å². The van der Waals surface area contributed by atoms with Crippen LogP contribution in [-0.4, -0.2) is 18.6 Å². The van der Waals surface area contributed by atoms with Crippen LogP contribution in [-0.2, 0) is 9.53 Å². The average molecular weight is 340 g/mol. The lowest BCUT2D eigenvalue weighted by atomic mass is 9.80. The maximum absolute atomic E-state index is 12.0. The van der Waals surface area contributed by atoms with E-state index < -0.39 is 0 Å². The summed E-state index contributed by atoms with van der Waals surface area (Å²) in [5, 5.41) is 3.07. The van der Waals surface area contributed by atoms with Gasteiger partial charge in [0.2, 0.25) is 5.91 Å². The maximum Gasteiger partial charge on any atom is 0.220 e. The highest BCUT2D eigenvalue weighted by molar-refractivity contribution is 9.10. The molecule has 1 aromatic rings. The van der Waals surface area contributed by atoms with E-state index in [-0.39, 0.29) is 11.9 Å². The van der Waals surface area contributed by atoms with Crippen molar-refractivity contribution in [3.8, 4) is 0 Å². The number of ether oxygens (including phenoxy) is 1. The van der Waals surface area contributed by atoms with Gasteiger partial charge in [0.05, 0.1) is 12.1 Å². The van der Waals surface area contributed by atoms with E-state index in [2.05, 4.69) is 21.2 Å². The number of hydrogen-bond donors (Lipinski definition) is 1. The molecular weight excluding hydrogens is 318 g/mol. The lowest BCUT2D eigenvalue weighted by molar-refractivity contribution is -0.124. The summed E-state index contributed by atoms with van der Waals surface area (Å²) in [7, 11) is 0. The maximum atomic E-state index is 12.0. The fourth-order valence-corrected chi connectivity index (χ4v) is 2.87. The lowest BCUT2D eigenvalue weighted by Gasteiger charge is -2.34. The second kappa shape index (κ2) is 7.23. The van der Waals surface area contributed by atoms with Gasteiger partial charge in [-0.25, -0.2) is 0 Å². The molecule has 1 atom stereocenters. The van der Waals surface area contributed by atoms with E-state index in [0.29, 0.717) is 18.4 Å². The van der Waals surface area contributed by atoms with Crippen LogP contribution in [0.5, 0.6) is 0 Å². The minimum absolute atomic E-state index is 0.0540. The third kappa shape index (κ3) is 4.32. The average Bonchev–Trinajstić information content (AvgIpc) is 2.37. The Hall–Kier alpha value is -0.870. The molecule has 0 spiro atoms. The van der Waals surface area contributed by atoms with E-state index in [1.165, 1.54) is 0 Å². The predicted molar refractivity (Wildman–Crippen MR) is 83.5 cm³/mol. The molecular formula is C16H22BrNO2. The molecule has 0 aromatic heterocycles. The summed E-state index contributed by atoms with van der Waals surface area (Å²) in [6, 6.07) is 8.11. The number of rotatable bonds is 6. The number of halogens is 1. The SMILES string of the molecule is CCOC1CC(CC(=O)NC(C)c2ccc(Br)cc2)C1. The van der Waals surface area contributed by atoms with Crippen molar-refractivity contribution in [3.05, 3.63) is 34.3 Å². The van der Waals surface area contributed by atoms with E-state index in [4.69, 9.17) is 4.74 Å². The topological polar surface area (TPSA) is 38.3 Å². The largest absolute Gasteiger partial charge is 0.378 e. The number of benzene rings is 1. The van der Waals surface area contributed by atoms with E-state index in [9.17, 15) is 4.79 Å². The van der Waals surface area contributed by atoms with Gasteiger partial charge in [-0.1, -0.05) is 28.1 Å².